The maximum Gasteiger partial charge on any atom is 0.315 e. The molecular weight excluding hydrogens is 531 g/mol. The molecule has 0 saturated carbocycles. The van der Waals surface area contributed by atoms with Crippen molar-refractivity contribution in [1.29, 1.82) is 5.26 Å². The molecule has 1 aliphatic rings. The van der Waals surface area contributed by atoms with E-state index in [2.05, 4.69) is 6.07 Å². The Balaban J connectivity index is 1.23. The van der Waals surface area contributed by atoms with Gasteiger partial charge in [0, 0.05) is 11.6 Å². The summed E-state index contributed by atoms with van der Waals surface area (Å²) in [7, 11) is 0. The van der Waals surface area contributed by atoms with E-state index in [1.165, 1.54) is 12.1 Å². The van der Waals surface area contributed by atoms with Crippen LogP contribution in [0.3, 0.4) is 0 Å². The molecular formula is C35H25FN2O4. The van der Waals surface area contributed by atoms with Gasteiger partial charge in [-0.05, 0) is 57.8 Å². The molecule has 0 fully saturated rings. The molecule has 0 aromatic heterocycles. The molecule has 0 saturated heterocycles. The van der Waals surface area contributed by atoms with Crippen LogP contribution in [0.15, 0.2) is 121 Å². The lowest BCUT2D eigenvalue weighted by Gasteiger charge is -2.27. The molecule has 1 heterocycles. The Morgan fingerprint density at radius 1 is 0.905 bits per heavy atom. The zero-order valence-electron chi connectivity index (χ0n) is 22.4. The zero-order valence-corrected chi connectivity index (χ0v) is 22.4. The first-order valence-corrected chi connectivity index (χ1v) is 13.3. The van der Waals surface area contributed by atoms with Crippen LogP contribution in [0.2, 0.25) is 0 Å². The Kier molecular flexibility index (Phi) is 7.27. The van der Waals surface area contributed by atoms with Gasteiger partial charge in [-0.15, -0.1) is 0 Å². The molecule has 6 nitrogen and oxygen atoms in total. The number of nitriles is 1. The van der Waals surface area contributed by atoms with Crippen LogP contribution in [0.25, 0.3) is 10.8 Å². The third-order valence-corrected chi connectivity index (χ3v) is 7.15. The third kappa shape index (κ3) is 5.51. The molecule has 1 aliphatic heterocycles. The van der Waals surface area contributed by atoms with Gasteiger partial charge in [0.15, 0.2) is 0 Å². The SMILES string of the molecule is N#CC1=C(N)Oc2cc(OC(=O)Cc3cccc4ccccc34)ccc2C1c1cccc(OCc2ccc(F)cc2)c1. The van der Waals surface area contributed by atoms with Gasteiger partial charge >= 0.3 is 5.97 Å². The Morgan fingerprint density at radius 2 is 1.69 bits per heavy atom. The number of carbonyl (C=O) groups is 1. The molecule has 1 unspecified atom stereocenters. The maximum atomic E-state index is 13.2. The number of fused-ring (bicyclic) bond motifs is 2. The number of benzene rings is 5. The summed E-state index contributed by atoms with van der Waals surface area (Å²) < 4.78 is 30.7. The van der Waals surface area contributed by atoms with Gasteiger partial charge in [0.2, 0.25) is 5.88 Å². The molecule has 0 aliphatic carbocycles. The average molecular weight is 557 g/mol. The minimum atomic E-state index is -0.520. The number of halogens is 1. The van der Waals surface area contributed by atoms with E-state index < -0.39 is 11.9 Å². The van der Waals surface area contributed by atoms with Crippen LogP contribution in [0.4, 0.5) is 4.39 Å². The van der Waals surface area contributed by atoms with Crippen molar-refractivity contribution in [2.24, 2.45) is 5.73 Å². The number of hydrogen-bond donors (Lipinski definition) is 1. The first-order chi connectivity index (χ1) is 20.5. The second kappa shape index (κ2) is 11.5. The normalized spacial score (nSPS) is 14.0. The van der Waals surface area contributed by atoms with Crippen LogP contribution in [-0.2, 0) is 17.8 Å². The second-order valence-corrected chi connectivity index (χ2v) is 9.90. The van der Waals surface area contributed by atoms with E-state index in [0.29, 0.717) is 22.8 Å². The number of esters is 1. The van der Waals surface area contributed by atoms with E-state index in [-0.39, 0.29) is 30.3 Å². The van der Waals surface area contributed by atoms with Gasteiger partial charge in [-0.2, -0.15) is 5.26 Å². The molecule has 7 heteroatoms. The van der Waals surface area contributed by atoms with Crippen molar-refractivity contribution in [3.8, 4) is 23.3 Å². The molecule has 2 N–H and O–H groups in total. The van der Waals surface area contributed by atoms with Crippen molar-refractivity contribution in [2.45, 2.75) is 18.9 Å². The van der Waals surface area contributed by atoms with E-state index in [4.69, 9.17) is 19.9 Å². The van der Waals surface area contributed by atoms with Gasteiger partial charge < -0.3 is 19.9 Å². The van der Waals surface area contributed by atoms with E-state index in [1.54, 1.807) is 30.3 Å². The number of ether oxygens (including phenoxy) is 3. The van der Waals surface area contributed by atoms with E-state index in [0.717, 1.165) is 27.5 Å². The van der Waals surface area contributed by atoms with E-state index in [1.807, 2.05) is 66.7 Å². The first kappa shape index (κ1) is 26.6. The minimum Gasteiger partial charge on any atom is -0.489 e. The van der Waals surface area contributed by atoms with E-state index in [9.17, 15) is 14.4 Å². The summed E-state index contributed by atoms with van der Waals surface area (Å²) in [5.41, 5.74) is 9.62. The second-order valence-electron chi connectivity index (χ2n) is 9.90. The number of rotatable bonds is 7. The molecule has 206 valence electrons. The molecule has 0 amide bonds. The van der Waals surface area contributed by atoms with Crippen molar-refractivity contribution in [1.82, 2.24) is 0 Å². The molecule has 0 bridgehead atoms. The first-order valence-electron chi connectivity index (χ1n) is 13.3. The molecule has 42 heavy (non-hydrogen) atoms. The predicted molar refractivity (Wildman–Crippen MR) is 156 cm³/mol. The van der Waals surface area contributed by atoms with Crippen LogP contribution >= 0.6 is 0 Å². The largest absolute Gasteiger partial charge is 0.489 e. The van der Waals surface area contributed by atoms with Crippen molar-refractivity contribution >= 4 is 16.7 Å². The van der Waals surface area contributed by atoms with Crippen molar-refractivity contribution in [2.75, 3.05) is 0 Å². The fourth-order valence-corrected chi connectivity index (χ4v) is 5.14. The van der Waals surface area contributed by atoms with Gasteiger partial charge in [-0.3, -0.25) is 4.79 Å². The lowest BCUT2D eigenvalue weighted by molar-refractivity contribution is -0.133. The van der Waals surface area contributed by atoms with Crippen LogP contribution in [0.1, 0.15) is 28.2 Å². The van der Waals surface area contributed by atoms with Gasteiger partial charge in [-0.1, -0.05) is 72.8 Å². The minimum absolute atomic E-state index is 0.0214. The lowest BCUT2D eigenvalue weighted by atomic mass is 9.83. The molecule has 0 radical (unpaired) electrons. The number of nitrogens with two attached hydrogens (primary N) is 1. The number of carbonyl (C=O) groups excluding carboxylic acids is 1. The summed E-state index contributed by atoms with van der Waals surface area (Å²) in [5.74, 6) is 0.0213. The number of allylic oxidation sites excluding steroid dienone is 1. The predicted octanol–water partition coefficient (Wildman–Crippen LogP) is 6.92. The smallest absolute Gasteiger partial charge is 0.315 e. The summed E-state index contributed by atoms with van der Waals surface area (Å²) in [6.07, 6.45) is 0.104. The van der Waals surface area contributed by atoms with Crippen LogP contribution in [-0.4, -0.2) is 5.97 Å². The summed E-state index contributed by atoms with van der Waals surface area (Å²) >= 11 is 0. The number of hydrogen-bond acceptors (Lipinski definition) is 6. The number of nitrogens with zero attached hydrogens (tertiary/aromatic N) is 1. The van der Waals surface area contributed by atoms with E-state index >= 15 is 0 Å². The molecule has 1 atom stereocenters. The van der Waals surface area contributed by atoms with Gasteiger partial charge in [-0.25, -0.2) is 4.39 Å². The van der Waals surface area contributed by atoms with Crippen molar-refractivity contribution in [3.05, 3.63) is 149 Å². The quantitative estimate of drug-likeness (QED) is 0.173. The Bertz CT molecular complexity index is 1870. The van der Waals surface area contributed by atoms with Crippen LogP contribution in [0.5, 0.6) is 17.2 Å². The summed E-state index contributed by atoms with van der Waals surface area (Å²) in [4.78, 5) is 12.9. The Morgan fingerprint density at radius 3 is 2.52 bits per heavy atom. The molecule has 5 aromatic rings. The highest BCUT2D eigenvalue weighted by molar-refractivity contribution is 5.89. The summed E-state index contributed by atoms with van der Waals surface area (Å²) in [5, 5.41) is 12.0. The Labute approximate surface area is 242 Å². The topological polar surface area (TPSA) is 94.6 Å². The molecule has 0 spiro atoms. The fourth-order valence-electron chi connectivity index (χ4n) is 5.14. The monoisotopic (exact) mass is 556 g/mol. The lowest BCUT2D eigenvalue weighted by Crippen LogP contribution is -2.21. The van der Waals surface area contributed by atoms with Crippen molar-refractivity contribution in [3.63, 3.8) is 0 Å². The van der Waals surface area contributed by atoms with Gasteiger partial charge in [0.1, 0.15) is 41.3 Å². The van der Waals surface area contributed by atoms with Gasteiger partial charge in [0.25, 0.3) is 0 Å². The average Bonchev–Trinajstić information content (AvgIpc) is 3.00. The highest BCUT2D eigenvalue weighted by Crippen LogP contribution is 2.44. The molecule has 5 aromatic carbocycles. The highest BCUT2D eigenvalue weighted by atomic mass is 19.1. The zero-order chi connectivity index (χ0) is 29.1. The van der Waals surface area contributed by atoms with Gasteiger partial charge in [0.05, 0.1) is 12.3 Å². The third-order valence-electron chi connectivity index (χ3n) is 7.15. The summed E-state index contributed by atoms with van der Waals surface area (Å²) in [6.45, 7) is 0.255. The van der Waals surface area contributed by atoms with Crippen LogP contribution < -0.4 is 19.9 Å². The van der Waals surface area contributed by atoms with Crippen molar-refractivity contribution < 1.29 is 23.4 Å². The maximum absolute atomic E-state index is 13.2. The fraction of sp³-hybridized carbons (Fsp3) is 0.0857. The summed E-state index contributed by atoms with van der Waals surface area (Å²) in [6, 6.07) is 34.4. The Hall–Kier alpha value is -5.61. The standard InChI is InChI=1S/C35H25FN2O4/c36-26-13-11-22(12-14-26)21-40-27-9-4-8-25(17-27)34-30-16-15-28(19-32(30)42-35(38)31(34)20-37)41-33(39)18-24-7-3-6-23-5-1-2-10-29(23)24/h1-17,19,34H,18,21,38H2. The van der Waals surface area contributed by atoms with Crippen LogP contribution in [0, 0.1) is 17.1 Å². The highest BCUT2D eigenvalue weighted by Gasteiger charge is 2.31. The molecule has 6 rings (SSSR count).